The van der Waals surface area contributed by atoms with Crippen LogP contribution in [0.4, 0.5) is 0 Å². The van der Waals surface area contributed by atoms with E-state index in [1.165, 1.54) is 10.4 Å². The van der Waals surface area contributed by atoms with Crippen LogP contribution in [-0.2, 0) is 17.8 Å². The largest absolute Gasteiger partial charge is 0.383 e. The Morgan fingerprint density at radius 2 is 2.39 bits per heavy atom. The Bertz CT molecular complexity index is 478. The molecule has 2 heterocycles. The summed E-state index contributed by atoms with van der Waals surface area (Å²) in [7, 11) is 1.72. The van der Waals surface area contributed by atoms with Crippen molar-refractivity contribution in [3.63, 3.8) is 0 Å². The van der Waals surface area contributed by atoms with Gasteiger partial charge in [-0.25, -0.2) is 4.98 Å². The predicted molar refractivity (Wildman–Crippen MR) is 74.0 cm³/mol. The Hall–Kier alpha value is -1.17. The molecule has 0 aromatic carbocycles. The quantitative estimate of drug-likeness (QED) is 0.779. The average Bonchev–Trinajstić information content (AvgIpc) is 2.95. The minimum atomic E-state index is 0.751. The fourth-order valence-electron chi connectivity index (χ4n) is 1.76. The molecular weight excluding hydrogens is 246 g/mol. The summed E-state index contributed by atoms with van der Waals surface area (Å²) >= 11 is 1.75. The van der Waals surface area contributed by atoms with Gasteiger partial charge in [-0.15, -0.1) is 11.3 Å². The molecule has 0 atom stereocenters. The van der Waals surface area contributed by atoms with Crippen LogP contribution >= 0.6 is 11.3 Å². The smallest absolute Gasteiger partial charge is 0.0897 e. The topological polar surface area (TPSA) is 39.1 Å². The van der Waals surface area contributed by atoms with Gasteiger partial charge < -0.3 is 14.6 Å². The second-order valence-corrected chi connectivity index (χ2v) is 5.53. The first-order chi connectivity index (χ1) is 8.78. The number of hydrogen-bond donors (Lipinski definition) is 1. The number of thiazole rings is 1. The van der Waals surface area contributed by atoms with Crippen molar-refractivity contribution in [3.05, 3.63) is 40.1 Å². The molecule has 2 aromatic heterocycles. The molecule has 0 saturated carbocycles. The van der Waals surface area contributed by atoms with Gasteiger partial charge in [0.15, 0.2) is 0 Å². The van der Waals surface area contributed by atoms with Crippen LogP contribution in [0.5, 0.6) is 0 Å². The summed E-state index contributed by atoms with van der Waals surface area (Å²) in [6.45, 7) is 5.47. The van der Waals surface area contributed by atoms with Crippen molar-refractivity contribution in [1.82, 2.24) is 14.9 Å². The Labute approximate surface area is 112 Å². The number of ether oxygens (including phenoxy) is 1. The van der Waals surface area contributed by atoms with Crippen molar-refractivity contribution in [3.8, 4) is 0 Å². The van der Waals surface area contributed by atoms with Gasteiger partial charge in [0.05, 0.1) is 18.2 Å². The molecule has 0 unspecified atom stereocenters. The number of rotatable bonds is 7. The van der Waals surface area contributed by atoms with Crippen molar-refractivity contribution in [2.24, 2.45) is 0 Å². The molecule has 18 heavy (non-hydrogen) atoms. The molecule has 0 spiro atoms. The lowest BCUT2D eigenvalue weighted by atomic mass is 10.3. The molecular formula is C13H19N3OS. The minimum absolute atomic E-state index is 0.751. The maximum Gasteiger partial charge on any atom is 0.0897 e. The monoisotopic (exact) mass is 265 g/mol. The van der Waals surface area contributed by atoms with Gasteiger partial charge in [-0.1, -0.05) is 0 Å². The summed E-state index contributed by atoms with van der Waals surface area (Å²) in [4.78, 5) is 5.56. The number of hydrogen-bond acceptors (Lipinski definition) is 4. The summed E-state index contributed by atoms with van der Waals surface area (Å²) in [5, 5.41) is 4.46. The van der Waals surface area contributed by atoms with Gasteiger partial charge >= 0.3 is 0 Å². The van der Waals surface area contributed by atoms with Gasteiger partial charge in [0.2, 0.25) is 0 Å². The summed E-state index contributed by atoms with van der Waals surface area (Å²) in [6, 6.07) is 2.15. The van der Waals surface area contributed by atoms with Crippen LogP contribution in [0, 0.1) is 6.92 Å². The van der Waals surface area contributed by atoms with Crippen LogP contribution in [0.15, 0.2) is 24.7 Å². The van der Waals surface area contributed by atoms with E-state index in [1.807, 2.05) is 13.1 Å². The number of methoxy groups -OCH3 is 1. The lowest BCUT2D eigenvalue weighted by Gasteiger charge is -2.02. The first-order valence-electron chi connectivity index (χ1n) is 6.03. The minimum Gasteiger partial charge on any atom is -0.383 e. The van der Waals surface area contributed by atoms with Crippen LogP contribution in [-0.4, -0.2) is 29.8 Å². The number of aromatic nitrogens is 2. The molecule has 0 amide bonds. The number of nitrogens with zero attached hydrogens (tertiary/aromatic N) is 2. The number of nitrogens with one attached hydrogen (secondary N) is 1. The van der Waals surface area contributed by atoms with Crippen LogP contribution in [0.25, 0.3) is 0 Å². The molecule has 0 radical (unpaired) electrons. The molecule has 5 heteroatoms. The highest BCUT2D eigenvalue weighted by Crippen LogP contribution is 2.13. The van der Waals surface area contributed by atoms with Crippen molar-refractivity contribution in [2.45, 2.75) is 20.0 Å². The van der Waals surface area contributed by atoms with Crippen molar-refractivity contribution < 1.29 is 4.74 Å². The van der Waals surface area contributed by atoms with E-state index in [9.17, 15) is 0 Å². The van der Waals surface area contributed by atoms with Gasteiger partial charge in [0, 0.05) is 43.7 Å². The van der Waals surface area contributed by atoms with E-state index in [-0.39, 0.29) is 0 Å². The summed E-state index contributed by atoms with van der Waals surface area (Å²) in [5.74, 6) is 0. The van der Waals surface area contributed by atoms with Crippen LogP contribution in [0.3, 0.4) is 0 Å². The first-order valence-corrected chi connectivity index (χ1v) is 6.85. The highest BCUT2D eigenvalue weighted by atomic mass is 32.1. The highest BCUT2D eigenvalue weighted by molar-refractivity contribution is 7.11. The Morgan fingerprint density at radius 1 is 1.50 bits per heavy atom. The summed E-state index contributed by atoms with van der Waals surface area (Å²) in [6.07, 6.45) is 6.24. The molecule has 1 N–H and O–H groups in total. The molecule has 2 rings (SSSR count). The fraction of sp³-hybridized carbons (Fsp3) is 0.462. The third-order valence-corrected chi connectivity index (χ3v) is 3.53. The maximum atomic E-state index is 4.99. The maximum absolute atomic E-state index is 4.99. The first kappa shape index (κ1) is 13.3. The van der Waals surface area contributed by atoms with Crippen molar-refractivity contribution in [1.29, 1.82) is 0 Å². The summed E-state index contributed by atoms with van der Waals surface area (Å²) in [5.41, 5.74) is 1.30. The molecule has 0 fully saturated rings. The molecule has 0 bridgehead atoms. The third kappa shape index (κ3) is 3.94. The molecule has 2 aromatic rings. The van der Waals surface area contributed by atoms with E-state index in [0.29, 0.717) is 0 Å². The predicted octanol–water partition coefficient (Wildman–Crippen LogP) is 2.04. The second kappa shape index (κ2) is 6.68. The van der Waals surface area contributed by atoms with Crippen LogP contribution in [0.1, 0.15) is 15.4 Å². The highest BCUT2D eigenvalue weighted by Gasteiger charge is 2.01. The zero-order valence-electron chi connectivity index (χ0n) is 10.8. The van der Waals surface area contributed by atoms with Gasteiger partial charge in [-0.2, -0.15) is 0 Å². The molecule has 98 valence electrons. The second-order valence-electron chi connectivity index (χ2n) is 4.21. The molecule has 0 aliphatic carbocycles. The van der Waals surface area contributed by atoms with Gasteiger partial charge in [-0.05, 0) is 18.6 Å². The van der Waals surface area contributed by atoms with Crippen molar-refractivity contribution in [2.75, 3.05) is 20.3 Å². The molecule has 0 aliphatic heterocycles. The lowest BCUT2D eigenvalue weighted by molar-refractivity contribution is 0.199. The van der Waals surface area contributed by atoms with Crippen LogP contribution < -0.4 is 5.32 Å². The Balaban J connectivity index is 1.82. The third-order valence-electron chi connectivity index (χ3n) is 2.63. The summed E-state index contributed by atoms with van der Waals surface area (Å²) < 4.78 is 7.19. The van der Waals surface area contributed by atoms with Gasteiger partial charge in [-0.3, -0.25) is 0 Å². The molecule has 4 nitrogen and oxygen atoms in total. The van der Waals surface area contributed by atoms with E-state index in [0.717, 1.165) is 31.2 Å². The average molecular weight is 265 g/mol. The van der Waals surface area contributed by atoms with E-state index < -0.39 is 0 Å². The van der Waals surface area contributed by atoms with Gasteiger partial charge in [0.1, 0.15) is 0 Å². The Kier molecular flexibility index (Phi) is 4.92. The Morgan fingerprint density at radius 3 is 3.11 bits per heavy atom. The molecule has 0 aliphatic rings. The van der Waals surface area contributed by atoms with E-state index in [2.05, 4.69) is 33.3 Å². The number of aryl methyl sites for hydroxylation is 1. The molecule has 0 saturated heterocycles. The zero-order valence-corrected chi connectivity index (χ0v) is 11.7. The van der Waals surface area contributed by atoms with E-state index >= 15 is 0 Å². The van der Waals surface area contributed by atoms with Crippen molar-refractivity contribution >= 4 is 11.3 Å². The van der Waals surface area contributed by atoms with Gasteiger partial charge in [0.25, 0.3) is 0 Å². The normalized spacial score (nSPS) is 11.0. The van der Waals surface area contributed by atoms with Crippen LogP contribution in [0.2, 0.25) is 0 Å². The SMILES string of the molecule is COCCNCc1ccn(Cc2cnc(C)s2)c1. The van der Waals surface area contributed by atoms with E-state index in [4.69, 9.17) is 4.74 Å². The standard InChI is InChI=1S/C13H19N3OS/c1-11-15-8-13(18-11)10-16-5-3-12(9-16)7-14-4-6-17-2/h3,5,8-9,14H,4,6-7,10H2,1-2H3. The zero-order chi connectivity index (χ0) is 12.8. The lowest BCUT2D eigenvalue weighted by Crippen LogP contribution is -2.18. The fourth-order valence-corrected chi connectivity index (χ4v) is 2.56. The van der Waals surface area contributed by atoms with E-state index in [1.54, 1.807) is 18.4 Å².